The van der Waals surface area contributed by atoms with Gasteiger partial charge in [-0.25, -0.2) is 0 Å². The van der Waals surface area contributed by atoms with Gasteiger partial charge in [0.1, 0.15) is 0 Å². The van der Waals surface area contributed by atoms with Gasteiger partial charge in [-0.05, 0) is 30.2 Å². The number of alkyl halides is 3. The zero-order valence-electron chi connectivity index (χ0n) is 14.5. The molecule has 0 unspecified atom stereocenters. The van der Waals surface area contributed by atoms with Crippen molar-refractivity contribution >= 4 is 29.1 Å². The van der Waals surface area contributed by atoms with E-state index >= 15 is 0 Å². The van der Waals surface area contributed by atoms with Crippen LogP contribution in [-0.4, -0.2) is 30.3 Å². The van der Waals surface area contributed by atoms with Crippen molar-refractivity contribution in [2.75, 3.05) is 18.9 Å². The Labute approximate surface area is 159 Å². The Hall–Kier alpha value is -2.54. The van der Waals surface area contributed by atoms with Crippen LogP contribution in [0.4, 0.5) is 18.9 Å². The number of rotatable bonds is 6. The normalized spacial score (nSPS) is 11.1. The third-order valence-corrected chi connectivity index (χ3v) is 4.16. The number of amides is 2. The van der Waals surface area contributed by atoms with Crippen molar-refractivity contribution in [1.29, 1.82) is 0 Å². The number of benzene rings is 2. The van der Waals surface area contributed by atoms with Gasteiger partial charge < -0.3 is 10.2 Å². The van der Waals surface area contributed by atoms with Gasteiger partial charge in [0.05, 0.1) is 17.1 Å². The van der Waals surface area contributed by atoms with Crippen molar-refractivity contribution in [1.82, 2.24) is 4.90 Å². The molecule has 2 aromatic carbocycles. The average Bonchev–Trinajstić information content (AvgIpc) is 2.61. The molecule has 0 saturated heterocycles. The third-order valence-electron chi connectivity index (χ3n) is 3.83. The van der Waals surface area contributed by atoms with Crippen molar-refractivity contribution in [3.05, 3.63) is 64.7 Å². The van der Waals surface area contributed by atoms with Crippen LogP contribution in [-0.2, 0) is 22.2 Å². The SMILES string of the molecule is CN(CC(=O)Nc1ccc(Cl)c(C(F)(F)F)c1)C(=O)CCc1ccccc1. The minimum absolute atomic E-state index is 0.0399. The summed E-state index contributed by atoms with van der Waals surface area (Å²) in [6, 6.07) is 12.5. The lowest BCUT2D eigenvalue weighted by Crippen LogP contribution is -2.35. The fourth-order valence-corrected chi connectivity index (χ4v) is 2.64. The zero-order chi connectivity index (χ0) is 20.0. The van der Waals surface area contributed by atoms with E-state index in [1.165, 1.54) is 18.0 Å². The third kappa shape index (κ3) is 6.29. The Bertz CT molecular complexity index is 810. The summed E-state index contributed by atoms with van der Waals surface area (Å²) >= 11 is 5.54. The first-order chi connectivity index (χ1) is 12.7. The number of nitrogens with one attached hydrogen (secondary N) is 1. The second kappa shape index (κ2) is 8.90. The number of halogens is 4. The molecule has 0 saturated carbocycles. The summed E-state index contributed by atoms with van der Waals surface area (Å²) in [5, 5.41) is 1.90. The molecule has 1 N–H and O–H groups in total. The van der Waals surface area contributed by atoms with Gasteiger partial charge >= 0.3 is 6.18 Å². The molecule has 0 aromatic heterocycles. The minimum Gasteiger partial charge on any atom is -0.336 e. The Morgan fingerprint density at radius 2 is 1.78 bits per heavy atom. The van der Waals surface area contributed by atoms with Crippen LogP contribution in [0, 0.1) is 0 Å². The van der Waals surface area contributed by atoms with E-state index in [-0.39, 0.29) is 24.6 Å². The minimum atomic E-state index is -4.62. The summed E-state index contributed by atoms with van der Waals surface area (Å²) in [6.45, 7) is -0.266. The molecule has 8 heteroatoms. The number of hydrogen-bond acceptors (Lipinski definition) is 2. The van der Waals surface area contributed by atoms with Gasteiger partial charge in [-0.15, -0.1) is 0 Å². The molecule has 2 amide bonds. The summed E-state index contributed by atoms with van der Waals surface area (Å²) in [7, 11) is 1.47. The molecule has 0 atom stereocenters. The highest BCUT2D eigenvalue weighted by Crippen LogP contribution is 2.36. The van der Waals surface area contributed by atoms with E-state index in [1.807, 2.05) is 30.3 Å². The van der Waals surface area contributed by atoms with E-state index in [0.29, 0.717) is 6.42 Å². The topological polar surface area (TPSA) is 49.4 Å². The van der Waals surface area contributed by atoms with Gasteiger partial charge in [0.25, 0.3) is 0 Å². The Kier molecular flexibility index (Phi) is 6.85. The molecule has 144 valence electrons. The maximum Gasteiger partial charge on any atom is 0.417 e. The smallest absolute Gasteiger partial charge is 0.336 e. The van der Waals surface area contributed by atoms with Crippen LogP contribution in [0.2, 0.25) is 5.02 Å². The molecule has 0 spiro atoms. The van der Waals surface area contributed by atoms with E-state index in [4.69, 9.17) is 11.6 Å². The molecule has 0 heterocycles. The Balaban J connectivity index is 1.90. The summed E-state index contributed by atoms with van der Waals surface area (Å²) in [6.07, 6.45) is -3.85. The number of carbonyl (C=O) groups excluding carboxylic acids is 2. The lowest BCUT2D eigenvalue weighted by Gasteiger charge is -2.17. The second-order valence-corrected chi connectivity index (χ2v) is 6.38. The first kappa shape index (κ1) is 20.8. The highest BCUT2D eigenvalue weighted by molar-refractivity contribution is 6.31. The molecular weight excluding hydrogens is 381 g/mol. The maximum absolute atomic E-state index is 12.9. The van der Waals surface area contributed by atoms with E-state index < -0.39 is 22.7 Å². The van der Waals surface area contributed by atoms with E-state index in [1.54, 1.807) is 0 Å². The first-order valence-electron chi connectivity index (χ1n) is 8.11. The molecule has 2 rings (SSSR count). The molecule has 0 bridgehead atoms. The fraction of sp³-hybridized carbons (Fsp3) is 0.263. The molecule has 0 aliphatic carbocycles. The van der Waals surface area contributed by atoms with Crippen molar-refractivity contribution in [2.45, 2.75) is 19.0 Å². The molecule has 4 nitrogen and oxygen atoms in total. The van der Waals surface area contributed by atoms with Crippen LogP contribution in [0.25, 0.3) is 0 Å². The Morgan fingerprint density at radius 3 is 2.41 bits per heavy atom. The van der Waals surface area contributed by atoms with Gasteiger partial charge in [0, 0.05) is 19.2 Å². The highest BCUT2D eigenvalue weighted by Gasteiger charge is 2.33. The largest absolute Gasteiger partial charge is 0.417 e. The van der Waals surface area contributed by atoms with Gasteiger partial charge in [0.15, 0.2) is 0 Å². The molecular formula is C19H18ClF3N2O2. The second-order valence-electron chi connectivity index (χ2n) is 5.98. The first-order valence-corrected chi connectivity index (χ1v) is 8.49. The lowest BCUT2D eigenvalue weighted by molar-refractivity contribution is -0.137. The number of carbonyl (C=O) groups is 2. The van der Waals surface area contributed by atoms with Gasteiger partial charge in [-0.3, -0.25) is 9.59 Å². The van der Waals surface area contributed by atoms with Crippen LogP contribution in [0.5, 0.6) is 0 Å². The van der Waals surface area contributed by atoms with Crippen LogP contribution in [0.15, 0.2) is 48.5 Å². The van der Waals surface area contributed by atoms with Crippen molar-refractivity contribution in [2.24, 2.45) is 0 Å². The quantitative estimate of drug-likeness (QED) is 0.784. The standard InChI is InChI=1S/C19H18ClF3N2O2/c1-25(18(27)10-7-13-5-3-2-4-6-13)12-17(26)24-14-8-9-16(20)15(11-14)19(21,22)23/h2-6,8-9,11H,7,10,12H2,1H3,(H,24,26). The van der Waals surface area contributed by atoms with Crippen LogP contribution >= 0.6 is 11.6 Å². The lowest BCUT2D eigenvalue weighted by atomic mass is 10.1. The summed E-state index contributed by atoms with van der Waals surface area (Å²) in [5.41, 5.74) is -0.0688. The number of nitrogens with zero attached hydrogens (tertiary/aromatic N) is 1. The number of anilines is 1. The summed E-state index contributed by atoms with van der Waals surface area (Å²) in [4.78, 5) is 25.4. The van der Waals surface area contributed by atoms with Crippen molar-refractivity contribution in [3.63, 3.8) is 0 Å². The van der Waals surface area contributed by atoms with Gasteiger partial charge in [-0.2, -0.15) is 13.2 Å². The molecule has 0 fully saturated rings. The fourth-order valence-electron chi connectivity index (χ4n) is 2.41. The van der Waals surface area contributed by atoms with E-state index in [2.05, 4.69) is 5.32 Å². The van der Waals surface area contributed by atoms with Crippen molar-refractivity contribution < 1.29 is 22.8 Å². The van der Waals surface area contributed by atoms with E-state index in [9.17, 15) is 22.8 Å². The van der Waals surface area contributed by atoms with Crippen LogP contribution in [0.1, 0.15) is 17.5 Å². The number of hydrogen-bond donors (Lipinski definition) is 1. The Morgan fingerprint density at radius 1 is 1.11 bits per heavy atom. The molecule has 0 radical (unpaired) electrons. The molecule has 27 heavy (non-hydrogen) atoms. The number of aryl methyl sites for hydroxylation is 1. The molecule has 2 aromatic rings. The summed E-state index contributed by atoms with van der Waals surface area (Å²) < 4.78 is 38.6. The van der Waals surface area contributed by atoms with E-state index in [0.717, 1.165) is 17.7 Å². The summed E-state index contributed by atoms with van der Waals surface area (Å²) in [5.74, 6) is -0.831. The van der Waals surface area contributed by atoms with Crippen molar-refractivity contribution in [3.8, 4) is 0 Å². The number of likely N-dealkylation sites (N-methyl/N-ethyl adjacent to an activating group) is 1. The molecule has 0 aliphatic rings. The van der Waals surface area contributed by atoms with Crippen LogP contribution < -0.4 is 5.32 Å². The average molecular weight is 399 g/mol. The molecule has 0 aliphatic heterocycles. The maximum atomic E-state index is 12.9. The van der Waals surface area contributed by atoms with Gasteiger partial charge in [0.2, 0.25) is 11.8 Å². The predicted molar refractivity (Wildman–Crippen MR) is 97.5 cm³/mol. The predicted octanol–water partition coefficient (Wildman–Crippen LogP) is 4.39. The van der Waals surface area contributed by atoms with Gasteiger partial charge in [-0.1, -0.05) is 41.9 Å². The van der Waals surface area contributed by atoms with Crippen LogP contribution in [0.3, 0.4) is 0 Å². The zero-order valence-corrected chi connectivity index (χ0v) is 15.3. The highest BCUT2D eigenvalue weighted by atomic mass is 35.5. The monoisotopic (exact) mass is 398 g/mol.